The summed E-state index contributed by atoms with van der Waals surface area (Å²) >= 11 is 0. The SMILES string of the molecule is CC(=O)OC[C@H]1O[C@@H](OC[C@H]2O[C@@H](OC(=O)[C@]34CCC(C)(C)C[C@H]3C3=CC[C@@H]5[C@@]6(C)CC[C@H](O[C@@H]7OC[C@H](O)[C@H](O)[C@H]7O[C@@H]7O[C@@H](C)[C@H](O)[C@@H](O[C@@H]8OC[C@@H](O)[C@H](O)[C@H]8O)[C@H]7O)[C@@](C)(CO)[C@@H]6CC[C@@]5(C)[C@]3(C)CC4)[C@H](O)[C@@H](O)[C@@H]2O)[C@H](O)[C@@H](O)[C@@H]1O[C@@H]1O[C@@H](C)[C@@H](O)[C@@H](O)[C@H]1O. The second kappa shape index (κ2) is 28.6. The highest BCUT2D eigenvalue weighted by Gasteiger charge is 2.71. The van der Waals surface area contributed by atoms with Gasteiger partial charge in [0.15, 0.2) is 31.5 Å². The van der Waals surface area contributed by atoms with Gasteiger partial charge in [0.05, 0.1) is 50.2 Å². The fraction of sp³-hybridized carbons (Fsp3) is 0.939. The summed E-state index contributed by atoms with van der Waals surface area (Å²) in [6.45, 7) is 14.9. The van der Waals surface area contributed by atoms with E-state index in [-0.39, 0.29) is 41.8 Å². The minimum Gasteiger partial charge on any atom is -0.463 e. The van der Waals surface area contributed by atoms with Crippen molar-refractivity contribution in [2.45, 2.75) is 305 Å². The van der Waals surface area contributed by atoms with E-state index >= 15 is 4.79 Å². The summed E-state index contributed by atoms with van der Waals surface area (Å²) in [5.74, 6) is -1.81. The number of aliphatic hydroxyl groups excluding tert-OH is 16. The number of allylic oxidation sites excluding steroid dienone is 2. The Morgan fingerprint density at radius 2 is 1.09 bits per heavy atom. The van der Waals surface area contributed by atoms with Gasteiger partial charge < -0.3 is 143 Å². The van der Waals surface area contributed by atoms with E-state index < -0.39 is 232 Å². The van der Waals surface area contributed by atoms with Gasteiger partial charge in [-0.05, 0) is 117 Å². The first-order chi connectivity index (χ1) is 45.5. The second-order valence-electron chi connectivity index (χ2n) is 31.5. The highest BCUT2D eigenvalue weighted by molar-refractivity contribution is 5.79. The van der Waals surface area contributed by atoms with Crippen LogP contribution in [0.3, 0.4) is 0 Å². The number of rotatable bonds is 16. The van der Waals surface area contributed by atoms with E-state index in [4.69, 9.17) is 61.6 Å². The zero-order valence-electron chi connectivity index (χ0n) is 56.4. The van der Waals surface area contributed by atoms with Crippen LogP contribution in [0.5, 0.6) is 0 Å². The first kappa shape index (κ1) is 75.7. The van der Waals surface area contributed by atoms with Crippen molar-refractivity contribution in [1.82, 2.24) is 0 Å². The van der Waals surface area contributed by atoms with E-state index in [0.717, 1.165) is 18.9 Å². The highest BCUT2D eigenvalue weighted by Crippen LogP contribution is 2.76. The van der Waals surface area contributed by atoms with Crippen molar-refractivity contribution in [3.63, 3.8) is 0 Å². The Morgan fingerprint density at radius 1 is 0.515 bits per heavy atom. The molecule has 0 bridgehead atoms. The van der Waals surface area contributed by atoms with Gasteiger partial charge in [-0.2, -0.15) is 0 Å². The van der Waals surface area contributed by atoms with Crippen molar-refractivity contribution < 1.29 is 153 Å². The maximum atomic E-state index is 15.4. The van der Waals surface area contributed by atoms with Gasteiger partial charge in [0.25, 0.3) is 0 Å². The lowest BCUT2D eigenvalue weighted by atomic mass is 9.33. The monoisotopic (exact) mass is 1390 g/mol. The van der Waals surface area contributed by atoms with E-state index in [2.05, 4.69) is 40.7 Å². The summed E-state index contributed by atoms with van der Waals surface area (Å²) in [6.07, 6.45) is -38.0. The number of hydrogen-bond donors (Lipinski definition) is 16. The molecule has 16 N–H and O–H groups in total. The minimum atomic E-state index is -1.94. The van der Waals surface area contributed by atoms with Crippen LogP contribution in [0.25, 0.3) is 0 Å². The lowest BCUT2D eigenvalue weighted by molar-refractivity contribution is -0.379. The molecule has 6 saturated heterocycles. The van der Waals surface area contributed by atoms with E-state index in [1.54, 1.807) is 0 Å². The number of fused-ring (bicyclic) bond motifs is 7. The van der Waals surface area contributed by atoms with Crippen molar-refractivity contribution in [3.05, 3.63) is 11.6 Å². The first-order valence-electron chi connectivity index (χ1n) is 34.4. The molecule has 0 radical (unpaired) electrons. The fourth-order valence-electron chi connectivity index (χ4n) is 18.9. The molecule has 10 fully saturated rings. The van der Waals surface area contributed by atoms with Gasteiger partial charge in [0.1, 0.15) is 129 Å². The molecule has 97 heavy (non-hydrogen) atoms. The van der Waals surface area contributed by atoms with Crippen LogP contribution in [-0.2, 0) is 71.2 Å². The van der Waals surface area contributed by atoms with Crippen LogP contribution in [0.15, 0.2) is 11.6 Å². The zero-order chi connectivity index (χ0) is 70.7. The van der Waals surface area contributed by atoms with Crippen LogP contribution in [-0.4, -0.2) is 305 Å². The van der Waals surface area contributed by atoms with E-state index in [1.807, 2.05) is 6.92 Å². The average Bonchev–Trinajstić information content (AvgIpc) is 0.675. The van der Waals surface area contributed by atoms with Gasteiger partial charge in [-0.3, -0.25) is 9.59 Å². The van der Waals surface area contributed by atoms with Gasteiger partial charge in [-0.1, -0.05) is 53.2 Å². The predicted molar refractivity (Wildman–Crippen MR) is 324 cm³/mol. The maximum Gasteiger partial charge on any atom is 0.315 e. The molecule has 0 aromatic heterocycles. The van der Waals surface area contributed by atoms with E-state index in [1.165, 1.54) is 13.8 Å². The topological polar surface area (TPSA) is 478 Å². The van der Waals surface area contributed by atoms with Crippen molar-refractivity contribution in [1.29, 1.82) is 0 Å². The van der Waals surface area contributed by atoms with Gasteiger partial charge in [0.2, 0.25) is 6.29 Å². The molecule has 0 unspecified atom stereocenters. The molecule has 11 aliphatic rings. The van der Waals surface area contributed by atoms with Gasteiger partial charge >= 0.3 is 11.9 Å². The largest absolute Gasteiger partial charge is 0.463 e. The predicted octanol–water partition coefficient (Wildman–Crippen LogP) is -3.51. The normalized spacial score (nSPS) is 53.8. The Balaban J connectivity index is 0.775. The highest BCUT2D eigenvalue weighted by atomic mass is 16.8. The lowest BCUT2D eigenvalue weighted by Gasteiger charge is -2.71. The van der Waals surface area contributed by atoms with E-state index in [0.29, 0.717) is 57.8 Å². The molecule has 11 rings (SSSR count). The van der Waals surface area contributed by atoms with Gasteiger partial charge in [-0.15, -0.1) is 0 Å². The standard InChI is InChI=1S/C66H106O31/c1-26-38(71)43(76)47(80)56(89-26)94-51-34(24-85-28(3)68)92-54(49(82)45(51)78)88-23-33-42(75)44(77)48(81)57(91-33)97-60(84)66-18-16-61(4,5)20-30(66)29-10-11-36-62(6)14-13-37(63(7,25-67)35(62)12-15-65(36,9)64(29,8)17-19-66)93-59-53(41(74)32(70)22-87-59)96-58-50(83)52(39(72)27(2)90-58)95-55-46(79)40(73)31(69)21-86-55/h10,26-27,30-59,67,69-83H,11-25H2,1-9H3/t26-,27-,30-,31+,32-,33+,34+,35+,36+,37-,38+,39-,40-,41-,42+,43+,44-,45+,46+,47+,48+,49+,50+,51+,52+,53+,54+,55-,56-,57-,58-,59-,62-,63-,64+,65+,66-/m0/s1. The fourth-order valence-corrected chi connectivity index (χ4v) is 18.9. The number of carbonyl (C=O) groups is 2. The summed E-state index contributed by atoms with van der Waals surface area (Å²) in [7, 11) is 0. The van der Waals surface area contributed by atoms with Crippen LogP contribution in [0, 0.1) is 50.2 Å². The Morgan fingerprint density at radius 3 is 1.77 bits per heavy atom. The Bertz CT molecular complexity index is 2770. The maximum absolute atomic E-state index is 15.4. The molecule has 0 amide bonds. The summed E-state index contributed by atoms with van der Waals surface area (Å²) in [6, 6.07) is 0. The molecule has 6 heterocycles. The third-order valence-corrected chi connectivity index (χ3v) is 25.2. The van der Waals surface area contributed by atoms with Crippen LogP contribution in [0.2, 0.25) is 0 Å². The molecule has 0 spiro atoms. The molecule has 37 atom stereocenters. The van der Waals surface area contributed by atoms with Gasteiger partial charge in [0, 0.05) is 12.3 Å². The minimum absolute atomic E-state index is 0.0657. The van der Waals surface area contributed by atoms with Gasteiger partial charge in [-0.25, -0.2) is 0 Å². The molecular weight excluding hydrogens is 1290 g/mol. The van der Waals surface area contributed by atoms with Crippen molar-refractivity contribution in [2.24, 2.45) is 50.2 Å². The molecule has 5 aliphatic carbocycles. The smallest absolute Gasteiger partial charge is 0.315 e. The van der Waals surface area contributed by atoms with Crippen molar-refractivity contribution >= 4 is 11.9 Å². The first-order valence-corrected chi connectivity index (χ1v) is 34.4. The molecular formula is C66H106O31. The Labute approximate surface area is 562 Å². The molecule has 0 aromatic carbocycles. The summed E-state index contributed by atoms with van der Waals surface area (Å²) in [5.41, 5.74) is -2.29. The molecule has 4 saturated carbocycles. The number of ether oxygens (including phenoxy) is 13. The second-order valence-corrected chi connectivity index (χ2v) is 31.5. The Kier molecular flexibility index (Phi) is 22.3. The summed E-state index contributed by atoms with van der Waals surface area (Å²) < 4.78 is 76.9. The van der Waals surface area contributed by atoms with Crippen LogP contribution < -0.4 is 0 Å². The van der Waals surface area contributed by atoms with Crippen LogP contribution in [0.1, 0.15) is 127 Å². The van der Waals surface area contributed by atoms with Crippen molar-refractivity contribution in [2.75, 3.05) is 33.0 Å². The zero-order valence-corrected chi connectivity index (χ0v) is 56.4. The summed E-state index contributed by atoms with van der Waals surface area (Å²) in [5, 5.41) is 176. The third kappa shape index (κ3) is 13.5. The number of esters is 2. The summed E-state index contributed by atoms with van der Waals surface area (Å²) in [4.78, 5) is 27.3. The molecule has 6 aliphatic heterocycles. The molecule has 31 heteroatoms. The number of hydrogen-bond acceptors (Lipinski definition) is 31. The van der Waals surface area contributed by atoms with Crippen LogP contribution >= 0.6 is 0 Å². The van der Waals surface area contributed by atoms with Crippen molar-refractivity contribution in [3.8, 4) is 0 Å². The third-order valence-electron chi connectivity index (χ3n) is 25.2. The Hall–Kier alpha value is -2.40. The number of aliphatic hydroxyl groups is 16. The lowest BCUT2D eigenvalue weighted by Crippen LogP contribution is -2.67. The molecule has 31 nitrogen and oxygen atoms in total. The van der Waals surface area contributed by atoms with Crippen LogP contribution in [0.4, 0.5) is 0 Å². The average molecular weight is 1400 g/mol. The number of carbonyl (C=O) groups excluding carboxylic acids is 2. The molecule has 556 valence electrons. The van der Waals surface area contributed by atoms with E-state index in [9.17, 15) is 86.5 Å². The molecule has 0 aromatic rings. The quantitative estimate of drug-likeness (QED) is 0.0405.